The van der Waals surface area contributed by atoms with Crippen molar-refractivity contribution in [3.8, 4) is 0 Å². The van der Waals surface area contributed by atoms with Gasteiger partial charge in [-0.1, -0.05) is 18.2 Å². The van der Waals surface area contributed by atoms with Gasteiger partial charge in [0.15, 0.2) is 0 Å². The van der Waals surface area contributed by atoms with Crippen LogP contribution >= 0.6 is 0 Å². The first-order chi connectivity index (χ1) is 14.7. The van der Waals surface area contributed by atoms with Crippen molar-refractivity contribution in [2.24, 2.45) is 10.9 Å². The Balaban J connectivity index is 1.70. The van der Waals surface area contributed by atoms with Crippen molar-refractivity contribution in [1.29, 1.82) is 0 Å². The van der Waals surface area contributed by atoms with Gasteiger partial charge in [-0.3, -0.25) is 9.78 Å². The molecule has 1 saturated carbocycles. The molecule has 9 heteroatoms. The molecule has 1 amide bonds. The van der Waals surface area contributed by atoms with E-state index < -0.39 is 11.7 Å². The predicted molar refractivity (Wildman–Crippen MR) is 110 cm³/mol. The Kier molecular flexibility index (Phi) is 6.74. The van der Waals surface area contributed by atoms with Gasteiger partial charge in [0.1, 0.15) is 0 Å². The van der Waals surface area contributed by atoms with Crippen molar-refractivity contribution >= 4 is 5.91 Å². The molecule has 166 valence electrons. The summed E-state index contributed by atoms with van der Waals surface area (Å²) in [6.07, 6.45) is 0.214. The lowest BCUT2D eigenvalue weighted by molar-refractivity contribution is -0.183. The van der Waals surface area contributed by atoms with Crippen LogP contribution in [-0.4, -0.2) is 34.7 Å². The summed E-state index contributed by atoms with van der Waals surface area (Å²) in [5, 5.41) is 2.30. The highest BCUT2D eigenvalue weighted by molar-refractivity contribution is 5.94. The summed E-state index contributed by atoms with van der Waals surface area (Å²) in [6.45, 7) is 0.721. The molecule has 2 aromatic rings. The number of rotatable bonds is 6. The Morgan fingerprint density at radius 2 is 1.77 bits per heavy atom. The molecule has 1 heterocycles. The van der Waals surface area contributed by atoms with E-state index in [4.69, 9.17) is 5.73 Å². The quantitative estimate of drug-likeness (QED) is 0.527. The summed E-state index contributed by atoms with van der Waals surface area (Å²) < 4.78 is 39.7. The lowest BCUT2D eigenvalue weighted by atomic mass is 9.83. The van der Waals surface area contributed by atoms with Gasteiger partial charge in [0, 0.05) is 29.4 Å². The predicted octanol–water partition coefficient (Wildman–Crippen LogP) is 4.71. The summed E-state index contributed by atoms with van der Waals surface area (Å²) in [6, 6.07) is 10.6. The first-order valence-electron chi connectivity index (χ1n) is 10.1. The fraction of sp³-hybridized carbons (Fsp3) is 0.455. The zero-order valence-electron chi connectivity index (χ0n) is 17.2. The Bertz CT molecular complexity index is 897. The highest BCUT2D eigenvalue weighted by Crippen LogP contribution is 2.42. The van der Waals surface area contributed by atoms with E-state index in [0.717, 1.165) is 43.5 Å². The van der Waals surface area contributed by atoms with E-state index in [2.05, 4.69) is 10.2 Å². The number of pyridine rings is 1. The number of hydrogen-bond acceptors (Lipinski definition) is 5. The molecule has 1 aliphatic carbocycles. The topological polar surface area (TPSA) is 88.7 Å². The Morgan fingerprint density at radius 3 is 2.26 bits per heavy atom. The number of nitroso groups, excluding NO2 is 1. The number of amides is 1. The zero-order valence-corrected chi connectivity index (χ0v) is 17.2. The Labute approximate surface area is 178 Å². The first-order valence-corrected chi connectivity index (χ1v) is 10.1. The molecule has 1 aromatic carbocycles. The van der Waals surface area contributed by atoms with E-state index in [1.54, 1.807) is 11.1 Å². The number of carbonyl (C=O) groups excluding carboxylic acids is 1. The maximum atomic E-state index is 13.2. The van der Waals surface area contributed by atoms with Gasteiger partial charge in [0.25, 0.3) is 5.91 Å². The van der Waals surface area contributed by atoms with Crippen LogP contribution in [0.3, 0.4) is 0 Å². The van der Waals surface area contributed by atoms with Crippen molar-refractivity contribution in [2.45, 2.75) is 56.3 Å². The molecule has 1 aromatic heterocycles. The third kappa shape index (κ3) is 4.61. The largest absolute Gasteiger partial charge is 0.421 e. The van der Waals surface area contributed by atoms with Crippen molar-refractivity contribution in [1.82, 2.24) is 9.88 Å². The third-order valence-electron chi connectivity index (χ3n) is 6.13. The second-order valence-corrected chi connectivity index (χ2v) is 7.96. The van der Waals surface area contributed by atoms with Gasteiger partial charge in [0.05, 0.1) is 6.67 Å². The minimum Gasteiger partial charge on any atom is -0.323 e. The lowest BCUT2D eigenvalue weighted by Gasteiger charge is -2.36. The SMILES string of the molecule is C[C@](N=O)(c1ccc(C(=O)N(CN)C2CCC(c3ccccn3)CC2)cc1)C(F)(F)F. The fourth-order valence-electron chi connectivity index (χ4n) is 4.07. The van der Waals surface area contributed by atoms with Crippen molar-refractivity contribution < 1.29 is 18.0 Å². The number of alkyl halides is 3. The molecular formula is C22H25F3N4O2. The highest BCUT2D eigenvalue weighted by atomic mass is 19.4. The second kappa shape index (κ2) is 9.13. The number of benzene rings is 1. The highest BCUT2D eigenvalue weighted by Gasteiger charge is 2.54. The van der Waals surface area contributed by atoms with E-state index in [9.17, 15) is 22.9 Å². The zero-order chi connectivity index (χ0) is 22.6. The van der Waals surface area contributed by atoms with Crippen LogP contribution in [0.25, 0.3) is 0 Å². The van der Waals surface area contributed by atoms with E-state index in [0.29, 0.717) is 12.8 Å². The standard InChI is InChI=1S/C22H25F3N4O2/c1-21(28-31,22(23,24)25)17-9-5-16(6-10-17)20(30)29(14-26)18-11-7-15(8-12-18)19-4-2-3-13-27-19/h2-6,9-10,13,15,18H,7-8,11-12,14,26H2,1H3/t15?,18?,21-/m0/s1. The van der Waals surface area contributed by atoms with Crippen LogP contribution in [0.1, 0.15) is 60.1 Å². The Hall–Kier alpha value is -2.81. The molecule has 31 heavy (non-hydrogen) atoms. The molecule has 0 radical (unpaired) electrons. The molecule has 0 bridgehead atoms. The van der Waals surface area contributed by atoms with Gasteiger partial charge in [-0.15, -0.1) is 4.91 Å². The maximum absolute atomic E-state index is 13.2. The van der Waals surface area contributed by atoms with Gasteiger partial charge < -0.3 is 10.6 Å². The van der Waals surface area contributed by atoms with Crippen LogP contribution < -0.4 is 5.73 Å². The lowest BCUT2D eigenvalue weighted by Crippen LogP contribution is -2.45. The van der Waals surface area contributed by atoms with Crippen LogP contribution in [0, 0.1) is 4.91 Å². The van der Waals surface area contributed by atoms with Gasteiger partial charge >= 0.3 is 6.18 Å². The van der Waals surface area contributed by atoms with Crippen molar-refractivity contribution in [3.63, 3.8) is 0 Å². The summed E-state index contributed by atoms with van der Waals surface area (Å²) >= 11 is 0. The van der Waals surface area contributed by atoms with E-state index in [1.807, 2.05) is 18.2 Å². The van der Waals surface area contributed by atoms with Gasteiger partial charge in [-0.25, -0.2) is 0 Å². The molecule has 0 saturated heterocycles. The van der Waals surface area contributed by atoms with Gasteiger partial charge in [-0.05, 0) is 67.6 Å². The minimum atomic E-state index is -4.84. The van der Waals surface area contributed by atoms with E-state index in [1.165, 1.54) is 12.1 Å². The van der Waals surface area contributed by atoms with Crippen LogP contribution in [0.15, 0.2) is 53.8 Å². The number of nitrogens with zero attached hydrogens (tertiary/aromatic N) is 3. The van der Waals surface area contributed by atoms with E-state index >= 15 is 0 Å². The molecule has 0 aliphatic heterocycles. The number of aromatic nitrogens is 1. The number of halogens is 3. The molecule has 0 unspecified atom stereocenters. The average Bonchev–Trinajstić information content (AvgIpc) is 2.79. The molecule has 3 rings (SSSR count). The monoisotopic (exact) mass is 434 g/mol. The molecule has 1 fully saturated rings. The van der Waals surface area contributed by atoms with Crippen LogP contribution in [0.4, 0.5) is 13.2 Å². The molecule has 1 aliphatic rings. The molecule has 0 spiro atoms. The molecule has 1 atom stereocenters. The van der Waals surface area contributed by atoms with Crippen LogP contribution in [-0.2, 0) is 5.54 Å². The Morgan fingerprint density at radius 1 is 1.13 bits per heavy atom. The van der Waals surface area contributed by atoms with Crippen molar-refractivity contribution in [3.05, 3.63) is 70.4 Å². The van der Waals surface area contributed by atoms with E-state index in [-0.39, 0.29) is 29.7 Å². The molecular weight excluding hydrogens is 409 g/mol. The average molecular weight is 434 g/mol. The second-order valence-electron chi connectivity index (χ2n) is 7.96. The summed E-state index contributed by atoms with van der Waals surface area (Å²) in [5.74, 6) is -0.00884. The first kappa shape index (κ1) is 22.9. The smallest absolute Gasteiger partial charge is 0.323 e. The molecule has 2 N–H and O–H groups in total. The van der Waals surface area contributed by atoms with Crippen LogP contribution in [0.2, 0.25) is 0 Å². The summed E-state index contributed by atoms with van der Waals surface area (Å²) in [5.41, 5.74) is 3.93. The number of nitrogens with two attached hydrogens (primary N) is 1. The number of carbonyl (C=O) groups is 1. The fourth-order valence-corrected chi connectivity index (χ4v) is 4.07. The summed E-state index contributed by atoms with van der Waals surface area (Å²) in [4.78, 5) is 29.9. The molecule has 6 nitrogen and oxygen atoms in total. The minimum absolute atomic E-state index is 0.00959. The maximum Gasteiger partial charge on any atom is 0.421 e. The van der Waals surface area contributed by atoms with Gasteiger partial charge in [-0.2, -0.15) is 13.2 Å². The van der Waals surface area contributed by atoms with Crippen LogP contribution in [0.5, 0.6) is 0 Å². The third-order valence-corrected chi connectivity index (χ3v) is 6.13. The normalized spacial score (nSPS) is 21.2. The van der Waals surface area contributed by atoms with Crippen molar-refractivity contribution in [2.75, 3.05) is 6.67 Å². The van der Waals surface area contributed by atoms with Gasteiger partial charge in [0.2, 0.25) is 5.54 Å². The summed E-state index contributed by atoms with van der Waals surface area (Å²) in [7, 11) is 0. The number of hydrogen-bond donors (Lipinski definition) is 1.